The van der Waals surface area contributed by atoms with Crippen LogP contribution in [0.1, 0.15) is 31.2 Å². The minimum atomic E-state index is 0.812. The molecule has 1 aromatic rings. The average molecular weight is 236 g/mol. The summed E-state index contributed by atoms with van der Waals surface area (Å²) in [4.78, 5) is 2.36. The van der Waals surface area contributed by atoms with Gasteiger partial charge in [-0.05, 0) is 39.8 Å². The summed E-state index contributed by atoms with van der Waals surface area (Å²) in [6.07, 6.45) is 2.73. The second-order valence-corrected chi connectivity index (χ2v) is 5.06. The lowest BCUT2D eigenvalue weighted by molar-refractivity contribution is 0.313. The molecule has 96 valence electrons. The van der Waals surface area contributed by atoms with Gasteiger partial charge >= 0.3 is 0 Å². The third kappa shape index (κ3) is 3.82. The van der Waals surface area contributed by atoms with Crippen LogP contribution in [0.2, 0.25) is 0 Å². The number of aryl methyl sites for hydroxylation is 2. The van der Waals surface area contributed by atoms with Gasteiger partial charge in [0.05, 0.1) is 11.4 Å². The van der Waals surface area contributed by atoms with Crippen molar-refractivity contribution in [1.82, 2.24) is 20.0 Å². The van der Waals surface area contributed by atoms with E-state index < -0.39 is 0 Å². The van der Waals surface area contributed by atoms with Gasteiger partial charge in [-0.3, -0.25) is 9.58 Å². The van der Waals surface area contributed by atoms with E-state index in [1.165, 1.54) is 18.5 Å². The van der Waals surface area contributed by atoms with Crippen molar-refractivity contribution in [3.05, 3.63) is 17.5 Å². The van der Waals surface area contributed by atoms with Crippen LogP contribution in [-0.4, -0.2) is 40.9 Å². The molecular formula is C13H24N4. The number of rotatable bonds is 7. The molecule has 1 heterocycles. The van der Waals surface area contributed by atoms with E-state index in [-0.39, 0.29) is 0 Å². The van der Waals surface area contributed by atoms with Crippen molar-refractivity contribution in [2.45, 2.75) is 45.8 Å². The molecule has 2 rings (SSSR count). The van der Waals surface area contributed by atoms with Gasteiger partial charge in [-0.25, -0.2) is 0 Å². The van der Waals surface area contributed by atoms with Crippen LogP contribution in [0, 0.1) is 6.92 Å². The van der Waals surface area contributed by atoms with Crippen LogP contribution in [-0.2, 0) is 13.1 Å². The van der Waals surface area contributed by atoms with Crippen LogP contribution >= 0.6 is 0 Å². The Balaban J connectivity index is 1.77. The molecule has 17 heavy (non-hydrogen) atoms. The third-order valence-corrected chi connectivity index (χ3v) is 3.22. The molecule has 0 aliphatic heterocycles. The van der Waals surface area contributed by atoms with E-state index in [9.17, 15) is 0 Å². The smallest absolute Gasteiger partial charge is 0.0597 e. The Morgan fingerprint density at radius 3 is 2.94 bits per heavy atom. The van der Waals surface area contributed by atoms with E-state index in [1.54, 1.807) is 0 Å². The summed E-state index contributed by atoms with van der Waals surface area (Å²) in [5.74, 6) is 0. The lowest BCUT2D eigenvalue weighted by Crippen LogP contribution is -2.30. The zero-order valence-corrected chi connectivity index (χ0v) is 11.2. The minimum absolute atomic E-state index is 0.812. The molecule has 0 unspecified atom stereocenters. The molecule has 1 aliphatic carbocycles. The van der Waals surface area contributed by atoms with E-state index in [0.29, 0.717) is 0 Å². The van der Waals surface area contributed by atoms with E-state index in [0.717, 1.165) is 37.9 Å². The minimum Gasteiger partial charge on any atom is -0.313 e. The summed E-state index contributed by atoms with van der Waals surface area (Å²) in [5, 5.41) is 8.02. The first-order valence-corrected chi connectivity index (χ1v) is 6.64. The van der Waals surface area contributed by atoms with Gasteiger partial charge in [-0.1, -0.05) is 0 Å². The van der Waals surface area contributed by atoms with Crippen molar-refractivity contribution >= 4 is 0 Å². The highest BCUT2D eigenvalue weighted by Gasteiger charge is 2.19. The Labute approximate surface area is 104 Å². The van der Waals surface area contributed by atoms with Gasteiger partial charge in [0.2, 0.25) is 0 Å². The number of nitrogens with one attached hydrogen (secondary N) is 1. The van der Waals surface area contributed by atoms with Gasteiger partial charge in [0.25, 0.3) is 0 Å². The molecule has 1 fully saturated rings. The maximum Gasteiger partial charge on any atom is 0.0597 e. The summed E-state index contributed by atoms with van der Waals surface area (Å²) in [5.41, 5.74) is 2.44. The van der Waals surface area contributed by atoms with Crippen LogP contribution in [0.3, 0.4) is 0 Å². The van der Waals surface area contributed by atoms with Crippen molar-refractivity contribution in [2.24, 2.45) is 0 Å². The first kappa shape index (κ1) is 12.6. The predicted molar refractivity (Wildman–Crippen MR) is 70.0 cm³/mol. The Bertz CT molecular complexity index is 354. The molecule has 1 saturated carbocycles. The van der Waals surface area contributed by atoms with Gasteiger partial charge in [0, 0.05) is 32.2 Å². The number of hydrogen-bond donors (Lipinski definition) is 1. The van der Waals surface area contributed by atoms with Gasteiger partial charge < -0.3 is 5.32 Å². The number of nitrogens with zero attached hydrogens (tertiary/aromatic N) is 3. The molecule has 0 amide bonds. The van der Waals surface area contributed by atoms with Crippen molar-refractivity contribution < 1.29 is 0 Å². The van der Waals surface area contributed by atoms with Crippen LogP contribution in [0.15, 0.2) is 6.07 Å². The van der Waals surface area contributed by atoms with Crippen LogP contribution in [0.25, 0.3) is 0 Å². The average Bonchev–Trinajstić information content (AvgIpc) is 3.03. The summed E-state index contributed by atoms with van der Waals surface area (Å²) in [7, 11) is 2.18. The molecule has 0 spiro atoms. The monoisotopic (exact) mass is 236 g/mol. The zero-order chi connectivity index (χ0) is 12.3. The Morgan fingerprint density at radius 1 is 1.53 bits per heavy atom. The van der Waals surface area contributed by atoms with Crippen molar-refractivity contribution in [2.75, 3.05) is 20.1 Å². The molecule has 1 N–H and O–H groups in total. The van der Waals surface area contributed by atoms with E-state index in [1.807, 2.05) is 0 Å². The maximum atomic E-state index is 4.48. The highest BCUT2D eigenvalue weighted by atomic mass is 15.3. The lowest BCUT2D eigenvalue weighted by atomic mass is 10.3. The van der Waals surface area contributed by atoms with Gasteiger partial charge in [0.1, 0.15) is 0 Å². The largest absolute Gasteiger partial charge is 0.313 e. The summed E-state index contributed by atoms with van der Waals surface area (Å²) < 4.78 is 2.10. The molecule has 0 saturated heterocycles. The van der Waals surface area contributed by atoms with Gasteiger partial charge in [-0.15, -0.1) is 0 Å². The number of aromatic nitrogens is 2. The van der Waals surface area contributed by atoms with Crippen LogP contribution in [0.4, 0.5) is 0 Å². The lowest BCUT2D eigenvalue weighted by Gasteiger charge is -2.17. The molecule has 0 aromatic carbocycles. The Kier molecular flexibility index (Phi) is 4.18. The predicted octanol–water partition coefficient (Wildman–Crippen LogP) is 1.40. The summed E-state index contributed by atoms with van der Waals surface area (Å²) >= 11 is 0. The first-order valence-electron chi connectivity index (χ1n) is 6.64. The fourth-order valence-corrected chi connectivity index (χ4v) is 2.10. The molecule has 4 nitrogen and oxygen atoms in total. The maximum absolute atomic E-state index is 4.48. The highest BCUT2D eigenvalue weighted by Crippen LogP contribution is 2.18. The first-order chi connectivity index (χ1) is 8.19. The SMILES string of the molecule is CCn1nc(C)cc1CN(C)CCNC1CC1. The zero-order valence-electron chi connectivity index (χ0n) is 11.2. The van der Waals surface area contributed by atoms with E-state index >= 15 is 0 Å². The summed E-state index contributed by atoms with van der Waals surface area (Å²) in [6.45, 7) is 8.35. The number of likely N-dealkylation sites (N-methyl/N-ethyl adjacent to an activating group) is 1. The molecular weight excluding hydrogens is 212 g/mol. The topological polar surface area (TPSA) is 33.1 Å². The molecule has 1 aromatic heterocycles. The van der Waals surface area contributed by atoms with Crippen molar-refractivity contribution in [1.29, 1.82) is 0 Å². The molecule has 0 bridgehead atoms. The van der Waals surface area contributed by atoms with Gasteiger partial charge in [0.15, 0.2) is 0 Å². The Morgan fingerprint density at radius 2 is 2.29 bits per heavy atom. The fourth-order valence-electron chi connectivity index (χ4n) is 2.10. The second kappa shape index (κ2) is 5.65. The standard InChI is InChI=1S/C13H24N4/c1-4-17-13(9-11(2)15-17)10-16(3)8-7-14-12-5-6-12/h9,12,14H,4-8,10H2,1-3H3. The molecule has 0 atom stereocenters. The summed E-state index contributed by atoms with van der Waals surface area (Å²) in [6, 6.07) is 3.00. The Hall–Kier alpha value is -0.870. The fraction of sp³-hybridized carbons (Fsp3) is 0.769. The highest BCUT2D eigenvalue weighted by molar-refractivity contribution is 5.08. The molecule has 0 radical (unpaired) electrons. The van der Waals surface area contributed by atoms with E-state index in [4.69, 9.17) is 0 Å². The van der Waals surface area contributed by atoms with Crippen molar-refractivity contribution in [3.8, 4) is 0 Å². The quantitative estimate of drug-likeness (QED) is 0.777. The molecule has 1 aliphatic rings. The number of hydrogen-bond acceptors (Lipinski definition) is 3. The van der Waals surface area contributed by atoms with Crippen molar-refractivity contribution in [3.63, 3.8) is 0 Å². The van der Waals surface area contributed by atoms with E-state index in [2.05, 4.69) is 47.0 Å². The van der Waals surface area contributed by atoms with Crippen LogP contribution in [0.5, 0.6) is 0 Å². The normalized spacial score (nSPS) is 15.8. The van der Waals surface area contributed by atoms with Gasteiger partial charge in [-0.2, -0.15) is 5.10 Å². The third-order valence-electron chi connectivity index (χ3n) is 3.22. The second-order valence-electron chi connectivity index (χ2n) is 5.06. The van der Waals surface area contributed by atoms with Crippen LogP contribution < -0.4 is 5.32 Å². The molecule has 4 heteroatoms.